The molecular weight excluding hydrogens is 492 g/mol. The summed E-state index contributed by atoms with van der Waals surface area (Å²) in [7, 11) is 1.63. The third kappa shape index (κ3) is 7.13. The number of halogens is 4. The lowest BCUT2D eigenvalue weighted by atomic mass is 10.2. The molecule has 0 aliphatic heterocycles. The molecule has 150 valence electrons. The number of alkyl halides is 3. The van der Waals surface area contributed by atoms with Crippen LogP contribution in [-0.4, -0.2) is 36.1 Å². The van der Waals surface area contributed by atoms with Crippen molar-refractivity contribution in [1.29, 1.82) is 0 Å². The molecule has 0 saturated heterocycles. The van der Waals surface area contributed by atoms with Gasteiger partial charge < -0.3 is 16.0 Å². The van der Waals surface area contributed by atoms with Crippen LogP contribution in [0.4, 0.5) is 19.0 Å². The summed E-state index contributed by atoms with van der Waals surface area (Å²) in [5.74, 6) is 0.368. The van der Waals surface area contributed by atoms with E-state index in [4.69, 9.17) is 0 Å². The summed E-state index contributed by atoms with van der Waals surface area (Å²) in [5.41, 5.74) is 0.229. The summed E-state index contributed by atoms with van der Waals surface area (Å²) in [6.07, 6.45) is -3.12. The van der Waals surface area contributed by atoms with Crippen molar-refractivity contribution in [3.8, 4) is 0 Å². The maximum absolute atomic E-state index is 12.9. The van der Waals surface area contributed by atoms with Crippen LogP contribution in [0.1, 0.15) is 21.1 Å². The first-order valence-electron chi connectivity index (χ1n) is 7.94. The van der Waals surface area contributed by atoms with Crippen molar-refractivity contribution in [3.63, 3.8) is 0 Å². The summed E-state index contributed by atoms with van der Waals surface area (Å²) >= 11 is 1.61. The molecule has 2 aromatic heterocycles. The van der Waals surface area contributed by atoms with Crippen molar-refractivity contribution in [1.82, 2.24) is 20.6 Å². The number of aliphatic imine (C=N–C) groups is 1. The zero-order chi connectivity index (χ0) is 19.2. The highest BCUT2D eigenvalue weighted by molar-refractivity contribution is 14.0. The minimum atomic E-state index is -4.44. The van der Waals surface area contributed by atoms with E-state index in [2.05, 4.69) is 30.9 Å². The van der Waals surface area contributed by atoms with E-state index in [0.717, 1.165) is 16.8 Å². The highest BCUT2D eigenvalue weighted by atomic mass is 127. The second kappa shape index (κ2) is 10.6. The van der Waals surface area contributed by atoms with Gasteiger partial charge in [0.25, 0.3) is 0 Å². The van der Waals surface area contributed by atoms with Crippen LogP contribution in [0, 0.1) is 13.8 Å². The topological polar surface area (TPSA) is 74.2 Å². The molecule has 0 amide bonds. The van der Waals surface area contributed by atoms with Crippen LogP contribution in [0.25, 0.3) is 0 Å². The van der Waals surface area contributed by atoms with Crippen LogP contribution < -0.4 is 16.0 Å². The molecule has 0 fully saturated rings. The third-order valence-electron chi connectivity index (χ3n) is 3.53. The molecule has 0 bridgehead atoms. The number of nitrogens with zero attached hydrogens (tertiary/aromatic N) is 3. The van der Waals surface area contributed by atoms with Crippen LogP contribution in [0.5, 0.6) is 0 Å². The minimum absolute atomic E-state index is 0. The average Bonchev–Trinajstić information content (AvgIpc) is 2.91. The number of thiazole rings is 1. The molecule has 11 heteroatoms. The molecule has 0 aliphatic rings. The number of rotatable bonds is 6. The van der Waals surface area contributed by atoms with E-state index in [9.17, 15) is 13.2 Å². The predicted octanol–water partition coefficient (Wildman–Crippen LogP) is 3.57. The van der Waals surface area contributed by atoms with Crippen LogP contribution in [0.15, 0.2) is 23.3 Å². The summed E-state index contributed by atoms with van der Waals surface area (Å²) in [6, 6.07) is 2.27. The SMILES string of the molecule is CN=C(NCCNc1ncccc1C(F)(F)F)NCc1nc(C)c(C)s1.I. The van der Waals surface area contributed by atoms with E-state index in [0.29, 0.717) is 19.0 Å². The van der Waals surface area contributed by atoms with Gasteiger partial charge in [0.1, 0.15) is 10.8 Å². The smallest absolute Gasteiger partial charge is 0.368 e. The second-order valence-electron chi connectivity index (χ2n) is 5.43. The first-order valence-corrected chi connectivity index (χ1v) is 8.76. The lowest BCUT2D eigenvalue weighted by molar-refractivity contribution is -0.137. The van der Waals surface area contributed by atoms with E-state index in [1.54, 1.807) is 18.4 Å². The number of hydrogen-bond acceptors (Lipinski definition) is 5. The van der Waals surface area contributed by atoms with Gasteiger partial charge in [0.05, 0.1) is 17.8 Å². The number of hydrogen-bond donors (Lipinski definition) is 3. The molecule has 0 spiro atoms. The Balaban J connectivity index is 0.00000364. The number of aryl methyl sites for hydroxylation is 2. The van der Waals surface area contributed by atoms with Gasteiger partial charge in [0.2, 0.25) is 0 Å². The largest absolute Gasteiger partial charge is 0.419 e. The van der Waals surface area contributed by atoms with Gasteiger partial charge in [0, 0.05) is 31.2 Å². The molecule has 3 N–H and O–H groups in total. The molecule has 6 nitrogen and oxygen atoms in total. The molecule has 0 unspecified atom stereocenters. The average molecular weight is 514 g/mol. The van der Waals surface area contributed by atoms with Crippen LogP contribution in [0.3, 0.4) is 0 Å². The Labute approximate surface area is 177 Å². The van der Waals surface area contributed by atoms with Crippen molar-refractivity contribution < 1.29 is 13.2 Å². The van der Waals surface area contributed by atoms with Crippen LogP contribution in [0.2, 0.25) is 0 Å². The molecular formula is C16H22F3IN6S. The first kappa shape index (κ1) is 23.4. The fraction of sp³-hybridized carbons (Fsp3) is 0.438. The molecule has 0 saturated carbocycles. The normalized spacial score (nSPS) is 11.7. The lowest BCUT2D eigenvalue weighted by Crippen LogP contribution is -2.39. The maximum atomic E-state index is 12.9. The molecule has 0 aromatic carbocycles. The van der Waals surface area contributed by atoms with E-state index in [1.807, 2.05) is 13.8 Å². The summed E-state index contributed by atoms with van der Waals surface area (Å²) < 4.78 is 38.7. The second-order valence-corrected chi connectivity index (χ2v) is 6.71. The van der Waals surface area contributed by atoms with Gasteiger partial charge in [-0.2, -0.15) is 13.2 Å². The monoisotopic (exact) mass is 514 g/mol. The number of aromatic nitrogens is 2. The van der Waals surface area contributed by atoms with Gasteiger partial charge in [-0.1, -0.05) is 0 Å². The predicted molar refractivity (Wildman–Crippen MR) is 113 cm³/mol. The highest BCUT2D eigenvalue weighted by Crippen LogP contribution is 2.33. The van der Waals surface area contributed by atoms with Crippen molar-refractivity contribution in [2.24, 2.45) is 4.99 Å². The Bertz CT molecular complexity index is 743. The van der Waals surface area contributed by atoms with Crippen molar-refractivity contribution in [3.05, 3.63) is 39.5 Å². The van der Waals surface area contributed by atoms with E-state index >= 15 is 0 Å². The Morgan fingerprint density at radius 1 is 1.22 bits per heavy atom. The molecule has 27 heavy (non-hydrogen) atoms. The Kier molecular flexibility index (Phi) is 9.22. The van der Waals surface area contributed by atoms with E-state index in [-0.39, 0.29) is 36.3 Å². The highest BCUT2D eigenvalue weighted by Gasteiger charge is 2.33. The number of anilines is 1. The summed E-state index contributed by atoms with van der Waals surface area (Å²) in [5, 5.41) is 9.80. The van der Waals surface area contributed by atoms with Gasteiger partial charge in [0.15, 0.2) is 5.96 Å². The molecule has 0 aliphatic carbocycles. The Hall–Kier alpha value is -1.63. The molecule has 2 heterocycles. The van der Waals surface area contributed by atoms with Crippen molar-refractivity contribution >= 4 is 47.1 Å². The van der Waals surface area contributed by atoms with Gasteiger partial charge >= 0.3 is 6.18 Å². The third-order valence-corrected chi connectivity index (χ3v) is 4.60. The van der Waals surface area contributed by atoms with Crippen LogP contribution >= 0.6 is 35.3 Å². The fourth-order valence-corrected chi connectivity index (χ4v) is 3.01. The van der Waals surface area contributed by atoms with Gasteiger partial charge in [-0.15, -0.1) is 35.3 Å². The Morgan fingerprint density at radius 3 is 2.56 bits per heavy atom. The first-order chi connectivity index (χ1) is 12.3. The van der Waals surface area contributed by atoms with Gasteiger partial charge in [-0.05, 0) is 26.0 Å². The maximum Gasteiger partial charge on any atom is 0.419 e. The molecule has 0 radical (unpaired) electrons. The zero-order valence-electron chi connectivity index (χ0n) is 15.1. The van der Waals surface area contributed by atoms with Crippen LogP contribution in [-0.2, 0) is 12.7 Å². The quantitative estimate of drug-likeness (QED) is 0.238. The number of guanidine groups is 1. The fourth-order valence-electron chi connectivity index (χ4n) is 2.13. The van der Waals surface area contributed by atoms with E-state index < -0.39 is 11.7 Å². The summed E-state index contributed by atoms with van der Waals surface area (Å²) in [6.45, 7) is 5.15. The standard InChI is InChI=1S/C16H21F3N6S.HI/c1-10-11(2)26-13(25-10)9-24-15(20-3)23-8-7-22-14-12(16(17,18)19)5-4-6-21-14;/h4-6H,7-9H2,1-3H3,(H,21,22)(H2,20,23,24);1H. The minimum Gasteiger partial charge on any atom is -0.368 e. The van der Waals surface area contributed by atoms with Gasteiger partial charge in [-0.3, -0.25) is 4.99 Å². The molecule has 2 aromatic rings. The number of pyridine rings is 1. The van der Waals surface area contributed by atoms with E-state index in [1.165, 1.54) is 17.1 Å². The van der Waals surface area contributed by atoms with Crippen molar-refractivity contribution in [2.75, 3.05) is 25.5 Å². The Morgan fingerprint density at radius 2 is 1.96 bits per heavy atom. The zero-order valence-corrected chi connectivity index (χ0v) is 18.3. The number of nitrogens with one attached hydrogen (secondary N) is 3. The summed E-state index contributed by atoms with van der Waals surface area (Å²) in [4.78, 5) is 13.4. The van der Waals surface area contributed by atoms with Gasteiger partial charge in [-0.25, -0.2) is 9.97 Å². The van der Waals surface area contributed by atoms with Crippen molar-refractivity contribution in [2.45, 2.75) is 26.6 Å². The molecule has 2 rings (SSSR count). The lowest BCUT2D eigenvalue weighted by Gasteiger charge is -2.14. The molecule has 0 atom stereocenters.